The number of aryl methyl sites for hydroxylation is 1. The second-order valence-electron chi connectivity index (χ2n) is 7.99. The second kappa shape index (κ2) is 8.08. The van der Waals surface area contributed by atoms with Gasteiger partial charge in [-0.1, -0.05) is 0 Å². The van der Waals surface area contributed by atoms with E-state index in [2.05, 4.69) is 20.1 Å². The molecule has 0 unspecified atom stereocenters. The number of anilines is 1. The van der Waals surface area contributed by atoms with E-state index >= 15 is 0 Å². The first kappa shape index (κ1) is 21.8. The van der Waals surface area contributed by atoms with Gasteiger partial charge in [0.15, 0.2) is 17.2 Å². The summed E-state index contributed by atoms with van der Waals surface area (Å²) < 4.78 is 45.1. The fourth-order valence-corrected chi connectivity index (χ4v) is 4.01. The van der Waals surface area contributed by atoms with E-state index in [9.17, 15) is 18.0 Å². The van der Waals surface area contributed by atoms with Crippen molar-refractivity contribution in [3.05, 3.63) is 75.6 Å². The standard InChI is InChI=1S/C23H19F3N6O2/c1-13-7-19-29-18(23(24,25)26)9-21(33)32(19)30-22(13)31-6-5-17-16(12-31)8-15(11-27-17)14-3-4-20(34-2)28-10-14/h3-4,7-11H,5-6,12H2,1-2H3. The number of nitrogens with zero attached hydrogens (tertiary/aromatic N) is 6. The third-order valence-corrected chi connectivity index (χ3v) is 5.72. The SMILES string of the molecule is COc1ccc(-c2cnc3c(c2)CN(c2nn4c(=O)cc(C(F)(F)F)nc4cc2C)CC3)cn1. The van der Waals surface area contributed by atoms with Crippen LogP contribution in [0.15, 0.2) is 47.5 Å². The molecule has 4 aromatic heterocycles. The highest BCUT2D eigenvalue weighted by molar-refractivity contribution is 5.64. The molecular formula is C23H19F3N6O2. The number of rotatable bonds is 3. The van der Waals surface area contributed by atoms with Crippen LogP contribution in [-0.4, -0.2) is 38.2 Å². The summed E-state index contributed by atoms with van der Waals surface area (Å²) in [6, 6.07) is 7.63. The van der Waals surface area contributed by atoms with Gasteiger partial charge in [0.2, 0.25) is 5.88 Å². The molecule has 0 saturated heterocycles. The van der Waals surface area contributed by atoms with E-state index in [1.165, 1.54) is 6.07 Å². The highest BCUT2D eigenvalue weighted by Gasteiger charge is 2.34. The van der Waals surface area contributed by atoms with Crippen molar-refractivity contribution in [3.8, 4) is 17.0 Å². The zero-order chi connectivity index (χ0) is 24.0. The number of fused-ring (bicyclic) bond motifs is 2. The molecule has 8 nitrogen and oxygen atoms in total. The van der Waals surface area contributed by atoms with Crippen LogP contribution in [0.4, 0.5) is 19.0 Å². The van der Waals surface area contributed by atoms with Gasteiger partial charge in [-0.2, -0.15) is 17.7 Å². The van der Waals surface area contributed by atoms with Crippen LogP contribution in [0.1, 0.15) is 22.5 Å². The lowest BCUT2D eigenvalue weighted by Crippen LogP contribution is -2.33. The number of hydrogen-bond donors (Lipinski definition) is 0. The molecule has 34 heavy (non-hydrogen) atoms. The number of aromatic nitrogens is 5. The van der Waals surface area contributed by atoms with Gasteiger partial charge in [0.1, 0.15) is 0 Å². The molecule has 0 aliphatic carbocycles. The number of ether oxygens (including phenoxy) is 1. The Kier molecular flexibility index (Phi) is 5.18. The molecule has 5 heterocycles. The molecule has 0 N–H and O–H groups in total. The maximum Gasteiger partial charge on any atom is 0.433 e. The van der Waals surface area contributed by atoms with Crippen LogP contribution in [0.2, 0.25) is 0 Å². The minimum Gasteiger partial charge on any atom is -0.481 e. The highest BCUT2D eigenvalue weighted by Crippen LogP contribution is 2.30. The van der Waals surface area contributed by atoms with Crippen LogP contribution in [-0.2, 0) is 19.1 Å². The van der Waals surface area contributed by atoms with Gasteiger partial charge in [-0.25, -0.2) is 9.97 Å². The van der Waals surface area contributed by atoms with E-state index in [4.69, 9.17) is 4.74 Å². The van der Waals surface area contributed by atoms with Crippen molar-refractivity contribution in [2.24, 2.45) is 0 Å². The lowest BCUT2D eigenvalue weighted by Gasteiger charge is -2.30. The predicted octanol–water partition coefficient (Wildman–Crippen LogP) is 3.45. The Balaban J connectivity index is 1.49. The summed E-state index contributed by atoms with van der Waals surface area (Å²) in [5, 5.41) is 4.35. The molecule has 11 heteroatoms. The lowest BCUT2D eigenvalue weighted by atomic mass is 10.0. The maximum absolute atomic E-state index is 13.0. The van der Waals surface area contributed by atoms with Crippen LogP contribution in [0.3, 0.4) is 0 Å². The fraction of sp³-hybridized carbons (Fsp3) is 0.261. The van der Waals surface area contributed by atoms with Crippen molar-refractivity contribution in [1.29, 1.82) is 0 Å². The van der Waals surface area contributed by atoms with Crippen LogP contribution in [0, 0.1) is 6.92 Å². The molecule has 174 valence electrons. The minimum atomic E-state index is -4.71. The lowest BCUT2D eigenvalue weighted by molar-refractivity contribution is -0.141. The number of halogens is 3. The summed E-state index contributed by atoms with van der Waals surface area (Å²) in [4.78, 5) is 26.8. The molecule has 0 amide bonds. The first-order chi connectivity index (χ1) is 16.2. The van der Waals surface area contributed by atoms with Gasteiger partial charge in [-0.3, -0.25) is 9.78 Å². The first-order valence-corrected chi connectivity index (χ1v) is 10.4. The van der Waals surface area contributed by atoms with Crippen molar-refractivity contribution < 1.29 is 17.9 Å². The molecule has 0 spiro atoms. The van der Waals surface area contributed by atoms with E-state index in [-0.39, 0.29) is 5.65 Å². The van der Waals surface area contributed by atoms with Crippen LogP contribution in [0.25, 0.3) is 16.8 Å². The first-order valence-electron chi connectivity index (χ1n) is 10.4. The molecule has 0 radical (unpaired) electrons. The zero-order valence-electron chi connectivity index (χ0n) is 18.3. The van der Waals surface area contributed by atoms with Gasteiger partial charge in [-0.15, -0.1) is 5.10 Å². The number of hydrogen-bond acceptors (Lipinski definition) is 7. The fourth-order valence-electron chi connectivity index (χ4n) is 4.01. The van der Waals surface area contributed by atoms with Gasteiger partial charge < -0.3 is 9.64 Å². The van der Waals surface area contributed by atoms with Crippen LogP contribution < -0.4 is 15.2 Å². The van der Waals surface area contributed by atoms with Crippen LogP contribution in [0.5, 0.6) is 5.88 Å². The van der Waals surface area contributed by atoms with Crippen molar-refractivity contribution in [3.63, 3.8) is 0 Å². The third-order valence-electron chi connectivity index (χ3n) is 5.72. The van der Waals surface area contributed by atoms with Gasteiger partial charge in [0.05, 0.1) is 7.11 Å². The average Bonchev–Trinajstić information content (AvgIpc) is 2.82. The molecule has 1 aliphatic heterocycles. The number of alkyl halides is 3. The summed E-state index contributed by atoms with van der Waals surface area (Å²) in [6.45, 7) is 2.83. The normalized spacial score (nSPS) is 13.7. The van der Waals surface area contributed by atoms with Crippen molar-refractivity contribution >= 4 is 11.5 Å². The molecule has 0 atom stereocenters. The smallest absolute Gasteiger partial charge is 0.433 e. The number of pyridine rings is 2. The Bertz CT molecular complexity index is 1450. The molecule has 0 fully saturated rings. The number of methoxy groups -OCH3 is 1. The molecule has 0 aromatic carbocycles. The Labute approximate surface area is 191 Å². The monoisotopic (exact) mass is 468 g/mol. The van der Waals surface area contributed by atoms with E-state index in [0.29, 0.717) is 42.8 Å². The van der Waals surface area contributed by atoms with E-state index in [1.807, 2.05) is 17.0 Å². The van der Waals surface area contributed by atoms with Crippen molar-refractivity contribution in [2.75, 3.05) is 18.6 Å². The predicted molar refractivity (Wildman–Crippen MR) is 118 cm³/mol. The summed E-state index contributed by atoms with van der Waals surface area (Å²) in [6.07, 6.45) is -0.523. The molecule has 0 saturated carbocycles. The molecule has 0 bridgehead atoms. The summed E-state index contributed by atoms with van der Waals surface area (Å²) in [7, 11) is 1.55. The van der Waals surface area contributed by atoms with E-state index in [0.717, 1.165) is 26.9 Å². The van der Waals surface area contributed by atoms with E-state index < -0.39 is 17.4 Å². The zero-order valence-corrected chi connectivity index (χ0v) is 18.3. The summed E-state index contributed by atoms with van der Waals surface area (Å²) in [5.41, 5.74) is 2.13. The van der Waals surface area contributed by atoms with Gasteiger partial charge >= 0.3 is 6.18 Å². The highest BCUT2D eigenvalue weighted by atomic mass is 19.4. The summed E-state index contributed by atoms with van der Waals surface area (Å²) >= 11 is 0. The molecule has 1 aliphatic rings. The van der Waals surface area contributed by atoms with Crippen LogP contribution >= 0.6 is 0 Å². The third kappa shape index (κ3) is 3.93. The maximum atomic E-state index is 13.0. The van der Waals surface area contributed by atoms with Crippen molar-refractivity contribution in [1.82, 2.24) is 24.6 Å². The van der Waals surface area contributed by atoms with Gasteiger partial charge in [0, 0.05) is 60.9 Å². The second-order valence-corrected chi connectivity index (χ2v) is 7.99. The Hall–Kier alpha value is -4.02. The Morgan fingerprint density at radius 1 is 1.06 bits per heavy atom. The van der Waals surface area contributed by atoms with E-state index in [1.54, 1.807) is 32.5 Å². The van der Waals surface area contributed by atoms with Gasteiger partial charge in [0.25, 0.3) is 5.56 Å². The quantitative estimate of drug-likeness (QED) is 0.455. The molecule has 5 rings (SSSR count). The minimum absolute atomic E-state index is 0.144. The Morgan fingerprint density at radius 3 is 2.56 bits per heavy atom. The Morgan fingerprint density at radius 2 is 1.85 bits per heavy atom. The summed E-state index contributed by atoms with van der Waals surface area (Å²) in [5.74, 6) is 1.03. The van der Waals surface area contributed by atoms with Crippen molar-refractivity contribution in [2.45, 2.75) is 26.1 Å². The molecular weight excluding hydrogens is 449 g/mol. The topological polar surface area (TPSA) is 85.5 Å². The van der Waals surface area contributed by atoms with Gasteiger partial charge in [-0.05, 0) is 36.2 Å². The molecule has 4 aromatic rings. The average molecular weight is 468 g/mol. The largest absolute Gasteiger partial charge is 0.481 e.